The normalized spacial score (nSPS) is 11.3. The quantitative estimate of drug-likeness (QED) is 0.711. The molecule has 156 valence electrons. The second kappa shape index (κ2) is 8.81. The lowest BCUT2D eigenvalue weighted by Crippen LogP contribution is -2.53. The minimum absolute atomic E-state index is 0.110. The highest BCUT2D eigenvalue weighted by molar-refractivity contribution is 6.02. The van der Waals surface area contributed by atoms with Crippen LogP contribution in [0.3, 0.4) is 0 Å². The van der Waals surface area contributed by atoms with Crippen LogP contribution in [0.1, 0.15) is 45.0 Å². The van der Waals surface area contributed by atoms with Crippen LogP contribution in [0.4, 0.5) is 10.5 Å². The zero-order valence-electron chi connectivity index (χ0n) is 17.5. The van der Waals surface area contributed by atoms with E-state index in [1.54, 1.807) is 20.8 Å². The van der Waals surface area contributed by atoms with E-state index in [0.29, 0.717) is 0 Å². The van der Waals surface area contributed by atoms with Crippen molar-refractivity contribution in [3.05, 3.63) is 17.7 Å². The Bertz CT molecular complexity index is 751. The van der Waals surface area contributed by atoms with E-state index < -0.39 is 29.1 Å². The van der Waals surface area contributed by atoms with Crippen LogP contribution in [0.15, 0.2) is 12.1 Å². The van der Waals surface area contributed by atoms with E-state index in [-0.39, 0.29) is 22.7 Å². The summed E-state index contributed by atoms with van der Waals surface area (Å²) in [4.78, 5) is 36.7. The van der Waals surface area contributed by atoms with Gasteiger partial charge in [0.25, 0.3) is 0 Å². The molecule has 0 atom stereocenters. The Balaban J connectivity index is 3.12. The first-order valence-electron chi connectivity index (χ1n) is 8.51. The number of carbonyl (C=O) groups excluding carboxylic acids is 3. The molecule has 1 aromatic rings. The summed E-state index contributed by atoms with van der Waals surface area (Å²) in [6.45, 7) is 8.19. The number of ether oxygens (including phenoxy) is 4. The standard InChI is InChI=1S/C19H28N2O7/c1-18(2,3)28-17(24)21-19(4,5)16(23)20-12-9-11(15(22)27-8)13(25-6)10-14(12)26-7/h9-10H,1-8H3,(H,20,23)(H,21,24). The van der Waals surface area contributed by atoms with Gasteiger partial charge in [0.15, 0.2) is 0 Å². The molecular weight excluding hydrogens is 368 g/mol. The van der Waals surface area contributed by atoms with Gasteiger partial charge >= 0.3 is 12.1 Å². The van der Waals surface area contributed by atoms with Crippen LogP contribution < -0.4 is 20.1 Å². The lowest BCUT2D eigenvalue weighted by molar-refractivity contribution is -0.121. The number of alkyl carbamates (subject to hydrolysis) is 1. The van der Waals surface area contributed by atoms with E-state index in [9.17, 15) is 14.4 Å². The smallest absolute Gasteiger partial charge is 0.408 e. The number of hydrogen-bond acceptors (Lipinski definition) is 7. The number of hydrogen-bond donors (Lipinski definition) is 2. The fraction of sp³-hybridized carbons (Fsp3) is 0.526. The molecule has 0 unspecified atom stereocenters. The van der Waals surface area contributed by atoms with Crippen molar-refractivity contribution < 1.29 is 33.3 Å². The minimum Gasteiger partial charge on any atom is -0.496 e. The molecule has 0 aliphatic heterocycles. The Hall–Kier alpha value is -2.97. The van der Waals surface area contributed by atoms with Gasteiger partial charge in [0, 0.05) is 6.07 Å². The third kappa shape index (κ3) is 6.04. The Labute approximate surface area is 164 Å². The van der Waals surface area contributed by atoms with Crippen molar-refractivity contribution in [1.29, 1.82) is 0 Å². The molecule has 0 aliphatic carbocycles. The second-order valence-electron chi connectivity index (χ2n) is 7.45. The lowest BCUT2D eigenvalue weighted by atomic mass is 10.0. The van der Waals surface area contributed by atoms with Crippen molar-refractivity contribution >= 4 is 23.7 Å². The number of nitrogens with one attached hydrogen (secondary N) is 2. The molecule has 0 heterocycles. The van der Waals surface area contributed by atoms with E-state index in [2.05, 4.69) is 10.6 Å². The van der Waals surface area contributed by atoms with Gasteiger partial charge in [-0.3, -0.25) is 4.79 Å². The molecule has 0 aliphatic rings. The molecule has 0 aromatic heterocycles. The molecule has 1 rings (SSSR count). The highest BCUT2D eigenvalue weighted by Crippen LogP contribution is 2.34. The number of anilines is 1. The summed E-state index contributed by atoms with van der Waals surface area (Å²) in [7, 11) is 4.04. The van der Waals surface area contributed by atoms with Gasteiger partial charge in [0.05, 0.1) is 27.0 Å². The first-order valence-corrected chi connectivity index (χ1v) is 8.51. The fourth-order valence-electron chi connectivity index (χ4n) is 2.16. The van der Waals surface area contributed by atoms with Gasteiger partial charge in [0.1, 0.15) is 28.2 Å². The van der Waals surface area contributed by atoms with Crippen LogP contribution in [0.2, 0.25) is 0 Å². The predicted octanol–water partition coefficient (Wildman–Crippen LogP) is 2.73. The van der Waals surface area contributed by atoms with Crippen LogP contribution in [0.25, 0.3) is 0 Å². The zero-order chi connectivity index (χ0) is 21.7. The third-order valence-electron chi connectivity index (χ3n) is 3.56. The van der Waals surface area contributed by atoms with Crippen molar-refractivity contribution in [2.75, 3.05) is 26.6 Å². The highest BCUT2D eigenvalue weighted by atomic mass is 16.6. The van der Waals surface area contributed by atoms with Gasteiger partial charge in [-0.05, 0) is 40.7 Å². The van der Waals surface area contributed by atoms with Gasteiger partial charge in [0.2, 0.25) is 5.91 Å². The van der Waals surface area contributed by atoms with Crippen LogP contribution >= 0.6 is 0 Å². The van der Waals surface area contributed by atoms with Crippen molar-refractivity contribution in [1.82, 2.24) is 5.32 Å². The number of rotatable bonds is 6. The zero-order valence-corrected chi connectivity index (χ0v) is 17.5. The molecular formula is C19H28N2O7. The Kier molecular flexibility index (Phi) is 7.26. The largest absolute Gasteiger partial charge is 0.496 e. The first-order chi connectivity index (χ1) is 12.8. The molecule has 0 radical (unpaired) electrons. The number of benzene rings is 1. The van der Waals surface area contributed by atoms with Crippen LogP contribution in [0.5, 0.6) is 11.5 Å². The molecule has 9 heteroatoms. The second-order valence-corrected chi connectivity index (χ2v) is 7.45. The van der Waals surface area contributed by atoms with Crippen LogP contribution in [-0.4, -0.2) is 50.4 Å². The number of methoxy groups -OCH3 is 3. The van der Waals surface area contributed by atoms with Gasteiger partial charge in [-0.2, -0.15) is 0 Å². The summed E-state index contributed by atoms with van der Waals surface area (Å²) in [5, 5.41) is 5.15. The van der Waals surface area contributed by atoms with Crippen molar-refractivity contribution in [3.8, 4) is 11.5 Å². The van der Waals surface area contributed by atoms with E-state index in [1.165, 1.54) is 47.3 Å². The molecule has 1 aromatic carbocycles. The van der Waals surface area contributed by atoms with Crippen LogP contribution in [-0.2, 0) is 14.3 Å². The predicted molar refractivity (Wildman–Crippen MR) is 103 cm³/mol. The summed E-state index contributed by atoms with van der Waals surface area (Å²) < 4.78 is 20.3. The summed E-state index contributed by atoms with van der Waals surface area (Å²) in [6.07, 6.45) is -0.732. The van der Waals surface area contributed by atoms with E-state index >= 15 is 0 Å². The molecule has 2 amide bonds. The maximum absolute atomic E-state index is 12.7. The maximum Gasteiger partial charge on any atom is 0.408 e. The minimum atomic E-state index is -1.31. The number of carbonyl (C=O) groups is 3. The summed E-state index contributed by atoms with van der Waals surface area (Å²) in [5.74, 6) is -0.683. The van der Waals surface area contributed by atoms with E-state index in [0.717, 1.165) is 0 Å². The molecule has 0 spiro atoms. The monoisotopic (exact) mass is 396 g/mol. The van der Waals surface area contributed by atoms with Crippen molar-refractivity contribution in [2.45, 2.75) is 45.8 Å². The SMILES string of the molecule is COC(=O)c1cc(NC(=O)C(C)(C)NC(=O)OC(C)(C)C)c(OC)cc1OC. The topological polar surface area (TPSA) is 112 Å². The molecule has 28 heavy (non-hydrogen) atoms. The highest BCUT2D eigenvalue weighted by Gasteiger charge is 2.32. The lowest BCUT2D eigenvalue weighted by Gasteiger charge is -2.28. The third-order valence-corrected chi connectivity index (χ3v) is 3.56. The van der Waals surface area contributed by atoms with Gasteiger partial charge < -0.3 is 29.6 Å². The Morgan fingerprint density at radius 1 is 0.893 bits per heavy atom. The molecule has 9 nitrogen and oxygen atoms in total. The first kappa shape index (κ1) is 23.1. The van der Waals surface area contributed by atoms with Gasteiger partial charge in [-0.1, -0.05) is 0 Å². The van der Waals surface area contributed by atoms with Gasteiger partial charge in [-0.25, -0.2) is 9.59 Å². The van der Waals surface area contributed by atoms with E-state index in [1.807, 2.05) is 0 Å². The Morgan fingerprint density at radius 3 is 1.93 bits per heavy atom. The Morgan fingerprint density at radius 2 is 1.46 bits per heavy atom. The van der Waals surface area contributed by atoms with Crippen molar-refractivity contribution in [3.63, 3.8) is 0 Å². The summed E-state index contributed by atoms with van der Waals surface area (Å²) >= 11 is 0. The number of esters is 1. The summed E-state index contributed by atoms with van der Waals surface area (Å²) in [5.41, 5.74) is -1.68. The van der Waals surface area contributed by atoms with Crippen LogP contribution in [0, 0.1) is 0 Å². The van der Waals surface area contributed by atoms with E-state index in [4.69, 9.17) is 18.9 Å². The molecule has 0 saturated carbocycles. The average molecular weight is 396 g/mol. The van der Waals surface area contributed by atoms with Gasteiger partial charge in [-0.15, -0.1) is 0 Å². The summed E-state index contributed by atoms with van der Waals surface area (Å²) in [6, 6.07) is 2.83. The number of amides is 2. The average Bonchev–Trinajstić information content (AvgIpc) is 2.58. The molecule has 0 fully saturated rings. The van der Waals surface area contributed by atoms with Crippen molar-refractivity contribution in [2.24, 2.45) is 0 Å². The molecule has 0 bridgehead atoms. The molecule has 2 N–H and O–H groups in total. The fourth-order valence-corrected chi connectivity index (χ4v) is 2.16. The molecule has 0 saturated heterocycles. The maximum atomic E-state index is 12.7.